The molecule has 0 saturated carbocycles. The fourth-order valence-corrected chi connectivity index (χ4v) is 13.2. The summed E-state index contributed by atoms with van der Waals surface area (Å²) in [4.78, 5) is 42.6. The lowest BCUT2D eigenvalue weighted by molar-refractivity contribution is -0.141. The molecule has 0 aromatic carbocycles. The molecule has 0 aliphatic carbocycles. The summed E-state index contributed by atoms with van der Waals surface area (Å²) in [5.41, 5.74) is 0. The molecule has 6 unspecified atom stereocenters. The van der Waals surface area contributed by atoms with Gasteiger partial charge < -0.3 is 19.8 Å². The molecule has 0 radical (unpaired) electrons. The van der Waals surface area contributed by atoms with Gasteiger partial charge in [0, 0.05) is 12.3 Å². The molecule has 0 spiro atoms. The van der Waals surface area contributed by atoms with Crippen LogP contribution in [0.3, 0.4) is 0 Å². The van der Waals surface area contributed by atoms with Crippen molar-refractivity contribution in [1.29, 1.82) is 0 Å². The van der Waals surface area contributed by atoms with Gasteiger partial charge in [0.25, 0.3) is 0 Å². The largest absolute Gasteiger partial charge is 0.481 e. The number of rotatable bonds is 35. The van der Waals surface area contributed by atoms with E-state index in [1.54, 1.807) is 0 Å². The van der Waals surface area contributed by atoms with Gasteiger partial charge in [0.15, 0.2) is 0 Å². The second-order valence-corrected chi connectivity index (χ2v) is 21.8. The van der Waals surface area contributed by atoms with E-state index in [2.05, 4.69) is 69.2 Å². The molecular weight excluding hydrogens is 702 g/mol. The molecular formula is C44H90O7P2. The van der Waals surface area contributed by atoms with Crippen molar-refractivity contribution in [3.05, 3.63) is 0 Å². The average Bonchev–Trinajstić information content (AvgIpc) is 3.11. The van der Waals surface area contributed by atoms with Crippen molar-refractivity contribution < 1.29 is 33.7 Å². The van der Waals surface area contributed by atoms with Crippen molar-refractivity contribution >= 4 is 20.9 Å². The third-order valence-corrected chi connectivity index (χ3v) is 16.5. The second-order valence-electron chi connectivity index (χ2n) is 17.6. The van der Waals surface area contributed by atoms with Crippen LogP contribution in [0.15, 0.2) is 0 Å². The van der Waals surface area contributed by atoms with E-state index in [0.29, 0.717) is 41.9 Å². The molecule has 0 saturated heterocycles. The Balaban J connectivity index is 7.04. The summed E-state index contributed by atoms with van der Waals surface area (Å²) in [6.07, 6.45) is 20.6. The van der Waals surface area contributed by atoms with Crippen molar-refractivity contribution in [3.63, 3.8) is 0 Å². The van der Waals surface area contributed by atoms with E-state index in [4.69, 9.17) is 0 Å². The van der Waals surface area contributed by atoms with Crippen LogP contribution >= 0.6 is 15.0 Å². The molecule has 0 rings (SSSR count). The Morgan fingerprint density at radius 2 is 0.717 bits per heavy atom. The van der Waals surface area contributed by atoms with Crippen LogP contribution in [0.5, 0.6) is 0 Å². The third-order valence-electron chi connectivity index (χ3n) is 13.4. The summed E-state index contributed by atoms with van der Waals surface area (Å²) < 4.78 is 24.9. The van der Waals surface area contributed by atoms with Crippen LogP contribution in [-0.2, 0) is 13.9 Å². The van der Waals surface area contributed by atoms with Gasteiger partial charge in [-0.2, -0.15) is 0 Å². The summed E-state index contributed by atoms with van der Waals surface area (Å²) in [7, 11) is -8.55. The number of hydrogen-bond donors (Lipinski definition) is 4. The highest BCUT2D eigenvalue weighted by atomic mass is 31.2. The monoisotopic (exact) mass is 793 g/mol. The zero-order chi connectivity index (χ0) is 40.6. The standard InChI is InChI=1S/C44H90O7P2/c1-11-21-38(20-10)28-40(26-36(16-6)17-7)29-41(27-37(18-8)19-9)31-42(30-39(24-34(12-2)13-3)25-35(14-4)15-5)32-43(44(45)46)33-52(47,48)22-23-53(49,50)51/h34-43H,11-33H2,1-10H3,(H,45,46)(H,47,48)(H2,49,50,51). The molecule has 4 N–H and O–H groups in total. The first-order chi connectivity index (χ1) is 25.0. The molecule has 53 heavy (non-hydrogen) atoms. The highest BCUT2D eigenvalue weighted by Gasteiger charge is 2.35. The van der Waals surface area contributed by atoms with Gasteiger partial charge in [0.1, 0.15) is 0 Å². The van der Waals surface area contributed by atoms with Gasteiger partial charge in [-0.15, -0.1) is 0 Å². The van der Waals surface area contributed by atoms with Crippen LogP contribution < -0.4 is 0 Å². The smallest absolute Gasteiger partial charge is 0.326 e. The number of carboxylic acid groups (broad SMARTS) is 1. The van der Waals surface area contributed by atoms with E-state index in [9.17, 15) is 33.7 Å². The van der Waals surface area contributed by atoms with Crippen LogP contribution in [0, 0.1) is 59.2 Å². The van der Waals surface area contributed by atoms with Gasteiger partial charge >= 0.3 is 13.6 Å². The van der Waals surface area contributed by atoms with Gasteiger partial charge in [-0.05, 0) is 111 Å². The van der Waals surface area contributed by atoms with Gasteiger partial charge in [-0.25, -0.2) is 0 Å². The lowest BCUT2D eigenvalue weighted by atomic mass is 9.71. The van der Waals surface area contributed by atoms with Crippen molar-refractivity contribution in [2.75, 3.05) is 18.5 Å². The quantitative estimate of drug-likeness (QED) is 0.0470. The van der Waals surface area contributed by atoms with E-state index in [1.807, 2.05) is 0 Å². The fraction of sp³-hybridized carbons (Fsp3) is 0.977. The first-order valence-electron chi connectivity index (χ1n) is 22.5. The fourth-order valence-electron chi connectivity index (χ4n) is 9.69. The SMILES string of the molecule is CCCC(CC)CC(CC(CC)CC)CC(CC(CC)CC)CC(CC(CC(CC)CC)CC(CC)CC)CC(CP(=O)(O)CCP(=O)(O)O)C(=O)O. The summed E-state index contributed by atoms with van der Waals surface area (Å²) in [6, 6.07) is 0. The molecule has 0 aliphatic heterocycles. The highest BCUT2D eigenvalue weighted by Crippen LogP contribution is 2.49. The molecule has 0 aliphatic rings. The molecule has 6 atom stereocenters. The maximum absolute atomic E-state index is 13.3. The van der Waals surface area contributed by atoms with E-state index >= 15 is 0 Å². The van der Waals surface area contributed by atoms with E-state index in [0.717, 1.165) is 82.5 Å². The average molecular weight is 793 g/mol. The Morgan fingerprint density at radius 1 is 0.434 bits per heavy atom. The maximum Gasteiger partial charge on any atom is 0.326 e. The lowest BCUT2D eigenvalue weighted by Crippen LogP contribution is -2.27. The Labute approximate surface area is 329 Å². The first kappa shape index (κ1) is 52.8. The second kappa shape index (κ2) is 29.1. The van der Waals surface area contributed by atoms with Crippen LogP contribution in [0.2, 0.25) is 0 Å². The predicted octanol–water partition coefficient (Wildman–Crippen LogP) is 13.7. The lowest BCUT2D eigenvalue weighted by Gasteiger charge is -2.35. The van der Waals surface area contributed by atoms with E-state index in [-0.39, 0.29) is 5.92 Å². The van der Waals surface area contributed by atoms with Crippen LogP contribution in [-0.4, -0.2) is 44.2 Å². The molecule has 0 aromatic rings. The predicted molar refractivity (Wildman–Crippen MR) is 228 cm³/mol. The summed E-state index contributed by atoms with van der Waals surface area (Å²) in [5, 5.41) is 10.5. The van der Waals surface area contributed by atoms with Crippen molar-refractivity contribution in [1.82, 2.24) is 0 Å². The first-order valence-corrected chi connectivity index (χ1v) is 26.4. The Hall–Kier alpha value is -0.190. The Kier molecular flexibility index (Phi) is 29.0. The van der Waals surface area contributed by atoms with Gasteiger partial charge in [0.05, 0.1) is 12.1 Å². The van der Waals surface area contributed by atoms with Crippen molar-refractivity contribution in [3.8, 4) is 0 Å². The summed E-state index contributed by atoms with van der Waals surface area (Å²) in [5.74, 6) is 2.95. The van der Waals surface area contributed by atoms with Crippen LogP contribution in [0.4, 0.5) is 0 Å². The topological polar surface area (TPSA) is 132 Å². The number of aliphatic carboxylic acids is 1. The number of hydrogen-bond acceptors (Lipinski definition) is 3. The van der Waals surface area contributed by atoms with Gasteiger partial charge in [-0.3, -0.25) is 13.9 Å². The summed E-state index contributed by atoms with van der Waals surface area (Å²) >= 11 is 0. The van der Waals surface area contributed by atoms with E-state index < -0.39 is 45.3 Å². The highest BCUT2D eigenvalue weighted by molar-refractivity contribution is 7.60. The molecule has 7 nitrogen and oxygen atoms in total. The molecule has 0 aromatic heterocycles. The third kappa shape index (κ3) is 24.2. The number of carboxylic acids is 1. The molecule has 0 fully saturated rings. The minimum Gasteiger partial charge on any atom is -0.481 e. The minimum atomic E-state index is -4.48. The zero-order valence-electron chi connectivity index (χ0n) is 36.4. The molecule has 318 valence electrons. The molecule has 0 amide bonds. The molecule has 0 bridgehead atoms. The van der Waals surface area contributed by atoms with Crippen LogP contribution in [0.1, 0.15) is 198 Å². The number of carbonyl (C=O) groups is 1. The molecule has 9 heteroatoms. The zero-order valence-corrected chi connectivity index (χ0v) is 38.2. The Morgan fingerprint density at radius 3 is 0.981 bits per heavy atom. The molecule has 0 heterocycles. The Bertz CT molecular complexity index is 986. The maximum atomic E-state index is 13.3. The summed E-state index contributed by atoms with van der Waals surface area (Å²) in [6.45, 7) is 23.0. The van der Waals surface area contributed by atoms with Crippen molar-refractivity contribution in [2.45, 2.75) is 198 Å². The van der Waals surface area contributed by atoms with Crippen LogP contribution in [0.25, 0.3) is 0 Å². The normalized spacial score (nSPS) is 16.8. The van der Waals surface area contributed by atoms with Gasteiger partial charge in [0.2, 0.25) is 7.37 Å². The van der Waals surface area contributed by atoms with E-state index in [1.165, 1.54) is 51.4 Å². The minimum absolute atomic E-state index is 0.109. The van der Waals surface area contributed by atoms with Crippen molar-refractivity contribution in [2.24, 2.45) is 59.2 Å². The van der Waals surface area contributed by atoms with Gasteiger partial charge in [-0.1, -0.05) is 140 Å².